The number of rotatable bonds is 2. The van der Waals surface area contributed by atoms with Gasteiger partial charge in [-0.05, 0) is 63.6 Å². The lowest BCUT2D eigenvalue weighted by molar-refractivity contribution is 0.311. The van der Waals surface area contributed by atoms with Crippen LogP contribution in [0.2, 0.25) is 0 Å². The number of aryl methyl sites for hydroxylation is 2. The first-order chi connectivity index (χ1) is 12.2. The number of hydrogen-bond acceptors (Lipinski definition) is 3. The van der Waals surface area contributed by atoms with Gasteiger partial charge in [-0.2, -0.15) is 0 Å². The lowest BCUT2D eigenvalue weighted by Gasteiger charge is -2.40. The molecule has 1 aromatic carbocycles. The van der Waals surface area contributed by atoms with Gasteiger partial charge in [-0.25, -0.2) is 4.98 Å². The van der Waals surface area contributed by atoms with Crippen molar-refractivity contribution in [2.75, 3.05) is 4.90 Å². The molecule has 0 N–H and O–H groups in total. The Morgan fingerprint density at radius 2 is 1.77 bits per heavy atom. The van der Waals surface area contributed by atoms with Crippen molar-refractivity contribution in [3.05, 3.63) is 35.5 Å². The summed E-state index contributed by atoms with van der Waals surface area (Å²) >= 11 is 0. The SMILES string of the molecule is CCC1N(c2c(C)ccc3c2oc2nc(C)ccc23)C(C)(C)CC1(C)C. The average molecular weight is 351 g/mol. The fraction of sp³-hybridized carbons (Fsp3) is 0.522. The van der Waals surface area contributed by atoms with Gasteiger partial charge >= 0.3 is 0 Å². The average Bonchev–Trinajstić information content (AvgIpc) is 2.97. The predicted molar refractivity (Wildman–Crippen MR) is 110 cm³/mol. The van der Waals surface area contributed by atoms with E-state index in [-0.39, 0.29) is 11.0 Å². The molecule has 138 valence electrons. The minimum absolute atomic E-state index is 0.0888. The number of aromatic nitrogens is 1. The minimum atomic E-state index is 0.0888. The molecule has 0 radical (unpaired) electrons. The van der Waals surface area contributed by atoms with Crippen LogP contribution in [0.25, 0.3) is 22.1 Å². The summed E-state index contributed by atoms with van der Waals surface area (Å²) in [5.41, 5.74) is 5.61. The first-order valence-corrected chi connectivity index (χ1v) is 9.74. The summed E-state index contributed by atoms with van der Waals surface area (Å²) in [5.74, 6) is 0. The van der Waals surface area contributed by atoms with Crippen molar-refractivity contribution < 1.29 is 4.42 Å². The number of hydrogen-bond donors (Lipinski definition) is 0. The maximum Gasteiger partial charge on any atom is 0.227 e. The van der Waals surface area contributed by atoms with E-state index in [2.05, 4.69) is 75.7 Å². The molecule has 1 saturated heterocycles. The van der Waals surface area contributed by atoms with Crippen LogP contribution in [0.1, 0.15) is 58.7 Å². The van der Waals surface area contributed by atoms with Crippen molar-refractivity contribution in [2.24, 2.45) is 5.41 Å². The number of benzene rings is 1. The molecular weight excluding hydrogens is 320 g/mol. The zero-order chi connectivity index (χ0) is 18.9. The number of furan rings is 1. The van der Waals surface area contributed by atoms with E-state index in [4.69, 9.17) is 4.42 Å². The van der Waals surface area contributed by atoms with Crippen LogP contribution in [0, 0.1) is 19.3 Å². The van der Waals surface area contributed by atoms with E-state index < -0.39 is 0 Å². The second-order valence-electron chi connectivity index (χ2n) is 9.29. The Labute approximate surface area is 156 Å². The largest absolute Gasteiger partial charge is 0.436 e. The van der Waals surface area contributed by atoms with E-state index in [0.717, 1.165) is 28.8 Å². The van der Waals surface area contributed by atoms with Gasteiger partial charge in [-0.1, -0.05) is 32.9 Å². The van der Waals surface area contributed by atoms with Crippen molar-refractivity contribution in [1.29, 1.82) is 0 Å². The van der Waals surface area contributed by atoms with Crippen LogP contribution >= 0.6 is 0 Å². The number of anilines is 1. The number of fused-ring (bicyclic) bond motifs is 3. The Balaban J connectivity index is 2.04. The lowest BCUT2D eigenvalue weighted by atomic mass is 9.80. The topological polar surface area (TPSA) is 29.3 Å². The zero-order valence-corrected chi connectivity index (χ0v) is 17.1. The fourth-order valence-electron chi connectivity index (χ4n) is 5.48. The molecule has 26 heavy (non-hydrogen) atoms. The molecule has 2 aromatic heterocycles. The molecule has 3 nitrogen and oxygen atoms in total. The molecule has 0 aliphatic carbocycles. The van der Waals surface area contributed by atoms with Crippen LogP contribution in [-0.2, 0) is 0 Å². The molecule has 0 bridgehead atoms. The summed E-state index contributed by atoms with van der Waals surface area (Å²) in [6.45, 7) is 16.1. The van der Waals surface area contributed by atoms with E-state index in [0.29, 0.717) is 6.04 Å². The van der Waals surface area contributed by atoms with Crippen LogP contribution in [-0.4, -0.2) is 16.6 Å². The van der Waals surface area contributed by atoms with Gasteiger partial charge < -0.3 is 9.32 Å². The molecule has 3 heterocycles. The third kappa shape index (κ3) is 2.36. The van der Waals surface area contributed by atoms with Gasteiger partial charge in [-0.3, -0.25) is 0 Å². The quantitative estimate of drug-likeness (QED) is 0.536. The standard InChI is InChI=1S/C23H30N2O/c1-8-18-22(4,5)13-23(6,7)25(18)19-14(2)9-11-16-17-12-10-15(3)24-21(17)26-20(16)19/h9-12,18H,8,13H2,1-7H3. The molecular formula is C23H30N2O. The van der Waals surface area contributed by atoms with Crippen molar-refractivity contribution >= 4 is 27.8 Å². The second-order valence-corrected chi connectivity index (χ2v) is 9.29. The third-order valence-corrected chi connectivity index (χ3v) is 6.20. The summed E-state index contributed by atoms with van der Waals surface area (Å²) < 4.78 is 6.36. The molecule has 3 aromatic rings. The molecule has 1 atom stereocenters. The monoisotopic (exact) mass is 350 g/mol. The van der Waals surface area contributed by atoms with Crippen LogP contribution in [0.4, 0.5) is 5.69 Å². The predicted octanol–water partition coefficient (Wildman–Crippen LogP) is 6.39. The molecule has 1 unspecified atom stereocenters. The van der Waals surface area contributed by atoms with E-state index in [1.54, 1.807) is 0 Å². The Morgan fingerprint density at radius 3 is 2.46 bits per heavy atom. The van der Waals surface area contributed by atoms with Gasteiger partial charge in [0, 0.05) is 28.0 Å². The van der Waals surface area contributed by atoms with Crippen LogP contribution in [0.5, 0.6) is 0 Å². The molecule has 0 saturated carbocycles. The van der Waals surface area contributed by atoms with Gasteiger partial charge in [0.2, 0.25) is 5.71 Å². The van der Waals surface area contributed by atoms with Crippen molar-refractivity contribution in [1.82, 2.24) is 4.98 Å². The molecule has 1 aliphatic heterocycles. The lowest BCUT2D eigenvalue weighted by Crippen LogP contribution is -2.44. The second kappa shape index (κ2) is 5.48. The highest BCUT2D eigenvalue weighted by Crippen LogP contribution is 2.52. The van der Waals surface area contributed by atoms with E-state index in [1.165, 1.54) is 23.1 Å². The van der Waals surface area contributed by atoms with Gasteiger partial charge in [0.25, 0.3) is 0 Å². The minimum Gasteiger partial charge on any atom is -0.436 e. The first-order valence-electron chi connectivity index (χ1n) is 9.74. The Morgan fingerprint density at radius 1 is 1.08 bits per heavy atom. The van der Waals surface area contributed by atoms with Crippen LogP contribution < -0.4 is 4.90 Å². The molecule has 0 amide bonds. The molecule has 1 fully saturated rings. The normalized spacial score (nSPS) is 21.8. The van der Waals surface area contributed by atoms with Crippen molar-refractivity contribution in [3.8, 4) is 0 Å². The first kappa shape index (κ1) is 17.4. The van der Waals surface area contributed by atoms with Crippen molar-refractivity contribution in [2.45, 2.75) is 72.9 Å². The Hall–Kier alpha value is -2.03. The third-order valence-electron chi connectivity index (χ3n) is 6.20. The highest BCUT2D eigenvalue weighted by atomic mass is 16.3. The zero-order valence-electron chi connectivity index (χ0n) is 17.1. The summed E-state index contributed by atoms with van der Waals surface area (Å²) in [5, 5.41) is 2.28. The molecule has 4 rings (SSSR count). The Kier molecular flexibility index (Phi) is 3.67. The summed E-state index contributed by atoms with van der Waals surface area (Å²) in [7, 11) is 0. The van der Waals surface area contributed by atoms with Gasteiger partial charge in [0.15, 0.2) is 5.58 Å². The highest BCUT2D eigenvalue weighted by Gasteiger charge is 2.50. The summed E-state index contributed by atoms with van der Waals surface area (Å²) in [6.07, 6.45) is 2.30. The van der Waals surface area contributed by atoms with E-state index in [1.807, 2.05) is 6.92 Å². The molecule has 0 spiro atoms. The van der Waals surface area contributed by atoms with Crippen LogP contribution in [0.3, 0.4) is 0 Å². The highest BCUT2D eigenvalue weighted by molar-refractivity contribution is 6.08. The molecule has 1 aliphatic rings. The van der Waals surface area contributed by atoms with Crippen molar-refractivity contribution in [3.63, 3.8) is 0 Å². The van der Waals surface area contributed by atoms with E-state index in [9.17, 15) is 0 Å². The molecule has 3 heteroatoms. The van der Waals surface area contributed by atoms with Gasteiger partial charge in [0.05, 0.1) is 5.69 Å². The van der Waals surface area contributed by atoms with Crippen LogP contribution in [0.15, 0.2) is 28.7 Å². The smallest absolute Gasteiger partial charge is 0.227 e. The van der Waals surface area contributed by atoms with Gasteiger partial charge in [0.1, 0.15) is 0 Å². The number of pyridine rings is 1. The maximum atomic E-state index is 6.36. The number of nitrogens with zero attached hydrogens (tertiary/aromatic N) is 2. The van der Waals surface area contributed by atoms with Gasteiger partial charge in [-0.15, -0.1) is 0 Å². The Bertz CT molecular complexity index is 996. The summed E-state index contributed by atoms with van der Waals surface area (Å²) in [4.78, 5) is 7.27. The van der Waals surface area contributed by atoms with E-state index >= 15 is 0 Å². The summed E-state index contributed by atoms with van der Waals surface area (Å²) in [6, 6.07) is 9.12. The maximum absolute atomic E-state index is 6.36. The fourth-order valence-corrected chi connectivity index (χ4v) is 5.48.